The number of hydrogen-bond acceptors (Lipinski definition) is 4. The molecule has 0 radical (unpaired) electrons. The third-order valence-electron chi connectivity index (χ3n) is 4.85. The number of carbonyl (C=O) groups is 1. The van der Waals surface area contributed by atoms with Gasteiger partial charge in [0.1, 0.15) is 6.61 Å². The fraction of sp³-hybridized carbons (Fsp3) is 0.381. The van der Waals surface area contributed by atoms with Crippen LogP contribution in [0.1, 0.15) is 18.6 Å². The number of benzene rings is 2. The molecular formula is C21H26ClKN2O3. The first kappa shape index (κ1) is 24.0. The predicted molar refractivity (Wildman–Crippen MR) is 107 cm³/mol. The molecule has 0 aromatic heterocycles. The van der Waals surface area contributed by atoms with Crippen LogP contribution >= 0.6 is 11.6 Å². The number of ether oxygens (including phenoxy) is 1. The first-order valence-electron chi connectivity index (χ1n) is 9.20. The van der Waals surface area contributed by atoms with Crippen molar-refractivity contribution in [2.24, 2.45) is 0 Å². The summed E-state index contributed by atoms with van der Waals surface area (Å²) in [5.41, 5.74) is 2.52. The van der Waals surface area contributed by atoms with Gasteiger partial charge in [-0.1, -0.05) is 54.1 Å². The molecule has 0 bridgehead atoms. The minimum absolute atomic E-state index is 0. The quantitative estimate of drug-likeness (QED) is 0.483. The number of halogens is 1. The molecule has 1 saturated heterocycles. The Kier molecular flexibility index (Phi) is 10.6. The maximum absolute atomic E-state index is 10.5. The summed E-state index contributed by atoms with van der Waals surface area (Å²) in [6, 6.07) is 18.8. The number of carboxylic acids is 1. The second-order valence-corrected chi connectivity index (χ2v) is 7.13. The van der Waals surface area contributed by atoms with Crippen LogP contribution < -0.4 is 51.4 Å². The van der Waals surface area contributed by atoms with Crippen molar-refractivity contribution in [3.8, 4) is 0 Å². The molecule has 146 valence electrons. The number of carboxylic acid groups (broad SMARTS) is 1. The van der Waals surface area contributed by atoms with Crippen molar-refractivity contribution in [1.82, 2.24) is 9.80 Å². The summed E-state index contributed by atoms with van der Waals surface area (Å²) in [5.74, 6) is -0.923. The fourth-order valence-corrected chi connectivity index (χ4v) is 3.62. The van der Waals surface area contributed by atoms with Gasteiger partial charge >= 0.3 is 57.4 Å². The van der Waals surface area contributed by atoms with E-state index in [9.17, 15) is 4.79 Å². The summed E-state index contributed by atoms with van der Waals surface area (Å²) in [5, 5.41) is 9.37. The molecular weight excluding hydrogens is 403 g/mol. The normalized spacial score (nSPS) is 16.3. The van der Waals surface area contributed by atoms with Crippen molar-refractivity contribution >= 4 is 17.6 Å². The van der Waals surface area contributed by atoms with Gasteiger partial charge in [-0.15, -0.1) is 0 Å². The Morgan fingerprint density at radius 3 is 2.25 bits per heavy atom. The van der Waals surface area contributed by atoms with Gasteiger partial charge in [-0.05, 0) is 23.3 Å². The van der Waals surface area contributed by atoms with Crippen LogP contribution in [0.25, 0.3) is 0 Å². The maximum atomic E-state index is 10.5. The topological polar surface area (TPSA) is 53.0 Å². The fourth-order valence-electron chi connectivity index (χ4n) is 3.49. The molecule has 1 N–H and O–H groups in total. The van der Waals surface area contributed by atoms with Crippen molar-refractivity contribution in [2.75, 3.05) is 45.9 Å². The number of aliphatic carboxylic acids is 1. The number of nitrogens with zero attached hydrogens (tertiary/aromatic N) is 2. The van der Waals surface area contributed by atoms with Gasteiger partial charge in [0.05, 0.1) is 12.6 Å². The Morgan fingerprint density at radius 1 is 1.04 bits per heavy atom. The van der Waals surface area contributed by atoms with Crippen molar-refractivity contribution in [3.05, 3.63) is 70.7 Å². The molecule has 0 spiro atoms. The molecule has 0 aliphatic carbocycles. The molecule has 0 saturated carbocycles. The SMILES string of the molecule is O=C(O)COCCN1CCN([C@H](c2ccccc2)c2ccc(Cl)cc2)CC1.[H-].[K+]. The van der Waals surface area contributed by atoms with Crippen LogP contribution in [0.3, 0.4) is 0 Å². The Bertz CT molecular complexity index is 728. The van der Waals surface area contributed by atoms with Gasteiger partial charge in [-0.2, -0.15) is 0 Å². The number of piperazine rings is 1. The summed E-state index contributed by atoms with van der Waals surface area (Å²) in [6.07, 6.45) is 0. The smallest absolute Gasteiger partial charge is 1.00 e. The molecule has 1 fully saturated rings. The van der Waals surface area contributed by atoms with Crippen molar-refractivity contribution in [3.63, 3.8) is 0 Å². The summed E-state index contributed by atoms with van der Waals surface area (Å²) in [7, 11) is 0. The van der Waals surface area contributed by atoms with Crippen molar-refractivity contribution in [1.29, 1.82) is 0 Å². The van der Waals surface area contributed by atoms with Crippen LogP contribution in [0.4, 0.5) is 0 Å². The zero-order valence-electron chi connectivity index (χ0n) is 17.3. The second kappa shape index (κ2) is 12.4. The standard InChI is InChI=1S/C21H25ClN2O3.K.H/c22-19-8-6-18(7-9-19)21(17-4-2-1-3-5-17)24-12-10-23(11-13-24)14-15-27-16-20(25)26;;/h1-9,21H,10-16H2,(H,25,26);;/q;+1;-1/t21-;;/m1../s1. The minimum Gasteiger partial charge on any atom is -1.00 e. The average molecular weight is 429 g/mol. The largest absolute Gasteiger partial charge is 1.00 e. The van der Waals surface area contributed by atoms with Gasteiger partial charge in [-0.3, -0.25) is 9.80 Å². The van der Waals surface area contributed by atoms with Gasteiger partial charge in [-0.25, -0.2) is 4.79 Å². The molecule has 1 heterocycles. The molecule has 2 aromatic carbocycles. The zero-order chi connectivity index (χ0) is 19.1. The molecule has 5 nitrogen and oxygen atoms in total. The number of hydrogen-bond donors (Lipinski definition) is 1. The summed E-state index contributed by atoms with van der Waals surface area (Å²) in [4.78, 5) is 15.3. The zero-order valence-corrected chi connectivity index (χ0v) is 20.1. The van der Waals surface area contributed by atoms with Crippen molar-refractivity contribution < 1.29 is 67.4 Å². The van der Waals surface area contributed by atoms with Crippen LogP contribution in [0.15, 0.2) is 54.6 Å². The Morgan fingerprint density at radius 2 is 1.64 bits per heavy atom. The van der Waals surface area contributed by atoms with Crippen LogP contribution in [-0.2, 0) is 9.53 Å². The second-order valence-electron chi connectivity index (χ2n) is 6.69. The van der Waals surface area contributed by atoms with E-state index in [0.717, 1.165) is 37.7 Å². The molecule has 7 heteroatoms. The molecule has 28 heavy (non-hydrogen) atoms. The molecule has 1 aliphatic rings. The van der Waals surface area contributed by atoms with Crippen LogP contribution in [-0.4, -0.2) is 66.8 Å². The Labute approximate surface area is 215 Å². The molecule has 0 amide bonds. The molecule has 0 unspecified atom stereocenters. The van der Waals surface area contributed by atoms with E-state index in [1.54, 1.807) is 0 Å². The van der Waals surface area contributed by atoms with Gasteiger partial charge in [0.15, 0.2) is 0 Å². The van der Waals surface area contributed by atoms with Gasteiger partial charge in [0.25, 0.3) is 0 Å². The minimum atomic E-state index is -0.923. The van der Waals surface area contributed by atoms with Crippen LogP contribution in [0, 0.1) is 0 Å². The molecule has 1 aliphatic heterocycles. The monoisotopic (exact) mass is 428 g/mol. The van der Waals surface area contributed by atoms with E-state index in [0.29, 0.717) is 6.61 Å². The molecule has 2 aromatic rings. The third kappa shape index (κ3) is 7.20. The van der Waals surface area contributed by atoms with E-state index in [4.69, 9.17) is 21.4 Å². The maximum Gasteiger partial charge on any atom is 1.00 e. The summed E-state index contributed by atoms with van der Waals surface area (Å²) >= 11 is 6.08. The van der Waals surface area contributed by atoms with Gasteiger partial charge in [0, 0.05) is 37.7 Å². The summed E-state index contributed by atoms with van der Waals surface area (Å²) < 4.78 is 5.15. The Balaban J connectivity index is 0.00000210. The Hall–Kier alpha value is -0.284. The van der Waals surface area contributed by atoms with E-state index in [1.807, 2.05) is 18.2 Å². The van der Waals surface area contributed by atoms with Gasteiger partial charge < -0.3 is 11.3 Å². The third-order valence-corrected chi connectivity index (χ3v) is 5.10. The van der Waals surface area contributed by atoms with E-state index < -0.39 is 5.97 Å². The van der Waals surface area contributed by atoms with Crippen LogP contribution in [0.2, 0.25) is 5.02 Å². The summed E-state index contributed by atoms with van der Waals surface area (Å²) in [6.45, 7) is 4.75. The van der Waals surface area contributed by atoms with Crippen molar-refractivity contribution in [2.45, 2.75) is 6.04 Å². The first-order chi connectivity index (χ1) is 13.1. The predicted octanol–water partition coefficient (Wildman–Crippen LogP) is 0.265. The molecule has 1 atom stereocenters. The van der Waals surface area contributed by atoms with Crippen LogP contribution in [0.5, 0.6) is 0 Å². The molecule has 3 rings (SSSR count). The first-order valence-corrected chi connectivity index (χ1v) is 9.57. The van der Waals surface area contributed by atoms with E-state index in [-0.39, 0.29) is 65.5 Å². The number of rotatable bonds is 8. The van der Waals surface area contributed by atoms with Gasteiger partial charge in [0.2, 0.25) is 0 Å². The average Bonchev–Trinajstić information content (AvgIpc) is 2.69. The van der Waals surface area contributed by atoms with E-state index in [1.165, 1.54) is 11.1 Å². The van der Waals surface area contributed by atoms with E-state index >= 15 is 0 Å². The van der Waals surface area contributed by atoms with E-state index in [2.05, 4.69) is 46.2 Å².